The van der Waals surface area contributed by atoms with E-state index in [4.69, 9.17) is 5.73 Å². The number of benzene rings is 2. The maximum Gasteiger partial charge on any atom is 0.169 e. The van der Waals surface area contributed by atoms with E-state index >= 15 is 0 Å². The molecule has 0 aliphatic heterocycles. The van der Waals surface area contributed by atoms with Crippen LogP contribution in [-0.2, 0) is 6.42 Å². The number of anilines is 1. The van der Waals surface area contributed by atoms with Crippen LogP contribution in [0, 0.1) is 11.6 Å². The molecule has 0 heterocycles. The number of carbonyl (C=O) groups excluding carboxylic acids is 1. The molecule has 0 atom stereocenters. The number of halogens is 2. The Balaban J connectivity index is 2.30. The fourth-order valence-corrected chi connectivity index (χ4v) is 1.71. The molecule has 0 spiro atoms. The van der Waals surface area contributed by atoms with Crippen molar-refractivity contribution in [2.24, 2.45) is 0 Å². The highest BCUT2D eigenvalue weighted by Crippen LogP contribution is 2.18. The van der Waals surface area contributed by atoms with E-state index in [2.05, 4.69) is 0 Å². The van der Waals surface area contributed by atoms with Crippen molar-refractivity contribution in [1.29, 1.82) is 0 Å². The average molecular weight is 247 g/mol. The molecule has 0 saturated carbocycles. The van der Waals surface area contributed by atoms with Crippen molar-refractivity contribution < 1.29 is 13.6 Å². The summed E-state index contributed by atoms with van der Waals surface area (Å²) in [5.74, 6) is -1.85. The van der Waals surface area contributed by atoms with E-state index in [9.17, 15) is 13.6 Å². The smallest absolute Gasteiger partial charge is 0.169 e. The van der Waals surface area contributed by atoms with Gasteiger partial charge in [-0.15, -0.1) is 0 Å². The maximum atomic E-state index is 13.4. The normalized spacial score (nSPS) is 10.3. The minimum absolute atomic E-state index is 0.231. The summed E-state index contributed by atoms with van der Waals surface area (Å²) in [5, 5.41) is 0. The van der Waals surface area contributed by atoms with E-state index < -0.39 is 17.4 Å². The van der Waals surface area contributed by atoms with Crippen LogP contribution in [0.2, 0.25) is 0 Å². The summed E-state index contributed by atoms with van der Waals surface area (Å²) in [6.07, 6.45) is -0.341. The molecule has 2 aromatic carbocycles. The molecular weight excluding hydrogens is 236 g/mol. The van der Waals surface area contributed by atoms with Gasteiger partial charge < -0.3 is 5.73 Å². The number of nitrogens with two attached hydrogens (primary N) is 1. The lowest BCUT2D eigenvalue weighted by Gasteiger charge is -2.06. The van der Waals surface area contributed by atoms with E-state index in [1.807, 2.05) is 0 Å². The molecule has 0 radical (unpaired) electrons. The third-order valence-electron chi connectivity index (χ3n) is 2.66. The fourth-order valence-electron chi connectivity index (χ4n) is 1.71. The summed E-state index contributed by atoms with van der Waals surface area (Å²) in [6.45, 7) is 0. The zero-order valence-electron chi connectivity index (χ0n) is 9.49. The quantitative estimate of drug-likeness (QED) is 0.669. The zero-order valence-corrected chi connectivity index (χ0v) is 9.49. The van der Waals surface area contributed by atoms with Gasteiger partial charge in [0.05, 0.1) is 0 Å². The van der Waals surface area contributed by atoms with Crippen LogP contribution in [0.3, 0.4) is 0 Å². The van der Waals surface area contributed by atoms with Crippen molar-refractivity contribution >= 4 is 11.5 Å². The number of para-hydroxylation sites is 1. The van der Waals surface area contributed by atoms with E-state index in [0.29, 0.717) is 5.69 Å². The Morgan fingerprint density at radius 3 is 2.22 bits per heavy atom. The molecule has 18 heavy (non-hydrogen) atoms. The number of hydrogen-bond acceptors (Lipinski definition) is 2. The highest BCUT2D eigenvalue weighted by molar-refractivity contribution is 6.01. The Labute approximate surface area is 103 Å². The number of carbonyl (C=O) groups is 1. The SMILES string of the molecule is Nc1ccccc1C(=O)Cc1c(F)cccc1F. The first kappa shape index (κ1) is 12.2. The largest absolute Gasteiger partial charge is 0.398 e. The summed E-state index contributed by atoms with van der Waals surface area (Å²) in [7, 11) is 0. The van der Waals surface area contributed by atoms with Crippen LogP contribution in [0.25, 0.3) is 0 Å². The molecule has 0 saturated heterocycles. The van der Waals surface area contributed by atoms with Crippen LogP contribution < -0.4 is 5.73 Å². The summed E-state index contributed by atoms with van der Waals surface area (Å²) < 4.78 is 26.8. The summed E-state index contributed by atoms with van der Waals surface area (Å²) in [6, 6.07) is 9.97. The second kappa shape index (κ2) is 4.96. The van der Waals surface area contributed by atoms with Gasteiger partial charge in [-0.1, -0.05) is 18.2 Å². The Hall–Kier alpha value is -2.23. The van der Waals surface area contributed by atoms with Crippen molar-refractivity contribution in [2.45, 2.75) is 6.42 Å². The molecule has 0 aliphatic rings. The molecular formula is C14H11F2NO. The molecule has 0 fully saturated rings. The van der Waals surface area contributed by atoms with Crippen molar-refractivity contribution in [3.63, 3.8) is 0 Å². The van der Waals surface area contributed by atoms with Gasteiger partial charge in [-0.05, 0) is 24.3 Å². The maximum absolute atomic E-state index is 13.4. The second-order valence-electron chi connectivity index (χ2n) is 3.89. The van der Waals surface area contributed by atoms with Crippen LogP contribution in [-0.4, -0.2) is 5.78 Å². The number of ketones is 1. The molecule has 2 N–H and O–H groups in total. The fraction of sp³-hybridized carbons (Fsp3) is 0.0714. The van der Waals surface area contributed by atoms with Crippen molar-refractivity contribution in [2.75, 3.05) is 5.73 Å². The second-order valence-corrected chi connectivity index (χ2v) is 3.89. The van der Waals surface area contributed by atoms with E-state index in [0.717, 1.165) is 12.1 Å². The van der Waals surface area contributed by atoms with E-state index in [1.54, 1.807) is 18.2 Å². The van der Waals surface area contributed by atoms with Crippen LogP contribution >= 0.6 is 0 Å². The Morgan fingerprint density at radius 2 is 1.61 bits per heavy atom. The van der Waals surface area contributed by atoms with Crippen LogP contribution in [0.4, 0.5) is 14.5 Å². The van der Waals surface area contributed by atoms with Crippen LogP contribution in [0.1, 0.15) is 15.9 Å². The number of nitrogen functional groups attached to an aromatic ring is 1. The summed E-state index contributed by atoms with van der Waals surface area (Å²) in [4.78, 5) is 11.9. The van der Waals surface area contributed by atoms with Gasteiger partial charge in [0.1, 0.15) is 11.6 Å². The minimum Gasteiger partial charge on any atom is -0.398 e. The van der Waals surface area contributed by atoms with Gasteiger partial charge in [0, 0.05) is 23.2 Å². The minimum atomic E-state index is -0.724. The molecule has 92 valence electrons. The van der Waals surface area contributed by atoms with Gasteiger partial charge in [-0.3, -0.25) is 4.79 Å². The molecule has 0 bridgehead atoms. The standard InChI is InChI=1S/C14H11F2NO/c15-11-5-3-6-12(16)10(11)8-14(18)9-4-1-2-7-13(9)17/h1-7H,8,17H2. The zero-order chi connectivity index (χ0) is 13.1. The van der Waals surface area contributed by atoms with Crippen molar-refractivity contribution in [1.82, 2.24) is 0 Å². The Kier molecular flexibility index (Phi) is 3.37. The molecule has 0 amide bonds. The van der Waals surface area contributed by atoms with Gasteiger partial charge in [0.2, 0.25) is 0 Å². The van der Waals surface area contributed by atoms with Gasteiger partial charge >= 0.3 is 0 Å². The Morgan fingerprint density at radius 1 is 1.00 bits per heavy atom. The first-order valence-corrected chi connectivity index (χ1v) is 5.40. The summed E-state index contributed by atoms with van der Waals surface area (Å²) in [5.41, 5.74) is 5.99. The number of rotatable bonds is 3. The molecule has 0 aromatic heterocycles. The van der Waals surface area contributed by atoms with Gasteiger partial charge in [0.15, 0.2) is 5.78 Å². The first-order valence-electron chi connectivity index (χ1n) is 5.40. The predicted molar refractivity (Wildman–Crippen MR) is 65.2 cm³/mol. The molecule has 0 aliphatic carbocycles. The topological polar surface area (TPSA) is 43.1 Å². The molecule has 4 heteroatoms. The Bertz CT molecular complexity index is 576. The lowest BCUT2D eigenvalue weighted by Crippen LogP contribution is -2.09. The predicted octanol–water partition coefficient (Wildman–Crippen LogP) is 2.97. The first-order chi connectivity index (χ1) is 8.59. The van der Waals surface area contributed by atoms with Gasteiger partial charge in [-0.2, -0.15) is 0 Å². The monoisotopic (exact) mass is 247 g/mol. The third-order valence-corrected chi connectivity index (χ3v) is 2.66. The molecule has 0 unspecified atom stereocenters. The van der Waals surface area contributed by atoms with E-state index in [-0.39, 0.29) is 17.5 Å². The van der Waals surface area contributed by atoms with Gasteiger partial charge in [0.25, 0.3) is 0 Å². The van der Waals surface area contributed by atoms with Crippen molar-refractivity contribution in [3.8, 4) is 0 Å². The molecule has 2 rings (SSSR count). The molecule has 2 nitrogen and oxygen atoms in total. The summed E-state index contributed by atoms with van der Waals surface area (Å²) >= 11 is 0. The number of hydrogen-bond donors (Lipinski definition) is 1. The highest BCUT2D eigenvalue weighted by Gasteiger charge is 2.15. The van der Waals surface area contributed by atoms with E-state index in [1.165, 1.54) is 12.1 Å². The highest BCUT2D eigenvalue weighted by atomic mass is 19.1. The van der Waals surface area contributed by atoms with Crippen LogP contribution in [0.15, 0.2) is 42.5 Å². The average Bonchev–Trinajstić information content (AvgIpc) is 2.34. The van der Waals surface area contributed by atoms with Crippen molar-refractivity contribution in [3.05, 3.63) is 65.2 Å². The lowest BCUT2D eigenvalue weighted by molar-refractivity contribution is 0.0991. The number of Topliss-reactive ketones (excluding diaryl/α,β-unsaturated/α-hetero) is 1. The molecule has 2 aromatic rings. The van der Waals surface area contributed by atoms with Crippen LogP contribution in [0.5, 0.6) is 0 Å². The van der Waals surface area contributed by atoms with Gasteiger partial charge in [-0.25, -0.2) is 8.78 Å². The lowest BCUT2D eigenvalue weighted by atomic mass is 10.0. The third kappa shape index (κ3) is 2.37.